The average Bonchev–Trinajstić information content (AvgIpc) is 2.41. The molecule has 0 aromatic carbocycles. The van der Waals surface area contributed by atoms with E-state index in [9.17, 15) is 9.59 Å². The minimum absolute atomic E-state index is 0. The standard InChI is InChI=1S/C6H12O4.C5H9O4.Y/c1-2-4-9-6(8)10-5-3-7;1-2-8-5(7)9-4-3-6;/h7H,2-5H2,1H3;6H,1-4H2;/q;-1;. The molecule has 0 bridgehead atoms. The zero-order chi connectivity index (χ0) is 14.9. The van der Waals surface area contributed by atoms with Gasteiger partial charge < -0.3 is 36.1 Å². The number of rotatable bonds is 7. The van der Waals surface area contributed by atoms with Crippen LogP contribution in [0.1, 0.15) is 13.3 Å². The van der Waals surface area contributed by atoms with Crippen molar-refractivity contribution in [3.05, 3.63) is 6.92 Å². The predicted molar refractivity (Wildman–Crippen MR) is 64.4 cm³/mol. The van der Waals surface area contributed by atoms with Crippen molar-refractivity contribution in [2.24, 2.45) is 0 Å². The Morgan fingerprint density at radius 3 is 1.65 bits per heavy atom. The molecule has 0 saturated carbocycles. The van der Waals surface area contributed by atoms with E-state index in [-0.39, 0.29) is 65.7 Å². The fourth-order valence-corrected chi connectivity index (χ4v) is 0.610. The quantitative estimate of drug-likeness (QED) is 0.493. The van der Waals surface area contributed by atoms with Crippen LogP contribution in [-0.4, -0.2) is 62.2 Å². The second-order valence-corrected chi connectivity index (χ2v) is 2.84. The van der Waals surface area contributed by atoms with Gasteiger partial charge in [-0.25, -0.2) is 9.59 Å². The molecule has 1 radical (unpaired) electrons. The summed E-state index contributed by atoms with van der Waals surface area (Å²) in [7, 11) is 0. The molecule has 2 N–H and O–H groups in total. The monoisotopic (exact) mass is 370 g/mol. The first kappa shape index (κ1) is 24.6. The molecule has 0 aliphatic rings. The summed E-state index contributed by atoms with van der Waals surface area (Å²) in [6, 6.07) is 0. The van der Waals surface area contributed by atoms with Crippen LogP contribution in [0.3, 0.4) is 0 Å². The molecule has 0 unspecified atom stereocenters. The number of carbonyl (C=O) groups excluding carboxylic acids is 2. The van der Waals surface area contributed by atoms with E-state index >= 15 is 0 Å². The number of aliphatic hydroxyl groups is 2. The molecule has 0 atom stereocenters. The minimum atomic E-state index is -0.793. The minimum Gasteiger partial charge on any atom is -0.467 e. The van der Waals surface area contributed by atoms with Crippen molar-refractivity contribution in [2.75, 3.05) is 39.6 Å². The zero-order valence-electron chi connectivity index (χ0n) is 11.6. The van der Waals surface area contributed by atoms with E-state index in [0.29, 0.717) is 6.61 Å². The summed E-state index contributed by atoms with van der Waals surface area (Å²) in [5.74, 6) is 0. The molecule has 9 heteroatoms. The van der Waals surface area contributed by atoms with E-state index in [1.807, 2.05) is 6.92 Å². The molecule has 0 aromatic heterocycles. The Bertz CT molecular complexity index is 214. The van der Waals surface area contributed by atoms with Crippen molar-refractivity contribution < 1.29 is 71.5 Å². The number of ether oxygens (including phenoxy) is 4. The van der Waals surface area contributed by atoms with Gasteiger partial charge in [-0.15, -0.1) is 0 Å². The van der Waals surface area contributed by atoms with Crippen LogP contribution in [-0.2, 0) is 51.7 Å². The van der Waals surface area contributed by atoms with Crippen molar-refractivity contribution in [3.8, 4) is 0 Å². The van der Waals surface area contributed by atoms with Crippen LogP contribution in [0.5, 0.6) is 0 Å². The van der Waals surface area contributed by atoms with E-state index in [4.69, 9.17) is 10.2 Å². The van der Waals surface area contributed by atoms with Crippen LogP contribution in [0.25, 0.3) is 0 Å². The maximum Gasteiger partial charge on any atom is 0.508 e. The topological polar surface area (TPSA) is 112 Å². The molecule has 0 rings (SSSR count). The van der Waals surface area contributed by atoms with Gasteiger partial charge >= 0.3 is 12.3 Å². The molecule has 8 nitrogen and oxygen atoms in total. The van der Waals surface area contributed by atoms with Crippen LogP contribution >= 0.6 is 0 Å². The van der Waals surface area contributed by atoms with Gasteiger partial charge in [-0.1, -0.05) is 6.92 Å². The van der Waals surface area contributed by atoms with E-state index in [0.717, 1.165) is 6.42 Å². The van der Waals surface area contributed by atoms with Gasteiger partial charge in [0, 0.05) is 32.7 Å². The van der Waals surface area contributed by atoms with Gasteiger partial charge in [0.1, 0.15) is 13.2 Å². The SMILES string of the molecule is CCCOC(=O)OCCO.[CH2-]COC(=O)OCCO.[Y]. The smallest absolute Gasteiger partial charge is 0.467 e. The Kier molecular flexibility index (Phi) is 25.6. The first-order chi connectivity index (χ1) is 9.12. The molecule has 0 aliphatic carbocycles. The maximum absolute atomic E-state index is 10.4. The van der Waals surface area contributed by atoms with Crippen LogP contribution in [0, 0.1) is 6.92 Å². The third-order valence-electron chi connectivity index (χ3n) is 1.27. The molecule has 0 heterocycles. The summed E-state index contributed by atoms with van der Waals surface area (Å²) in [6.45, 7) is 5.17. The number of aliphatic hydroxyl groups excluding tert-OH is 2. The van der Waals surface area contributed by atoms with Crippen molar-refractivity contribution >= 4 is 12.3 Å². The molecule has 0 spiro atoms. The van der Waals surface area contributed by atoms with Crippen LogP contribution in [0.2, 0.25) is 0 Å². The molecular weight excluding hydrogens is 349 g/mol. The average molecular weight is 370 g/mol. The molecule has 20 heavy (non-hydrogen) atoms. The molecule has 0 aliphatic heterocycles. The van der Waals surface area contributed by atoms with E-state index in [1.165, 1.54) is 0 Å². The van der Waals surface area contributed by atoms with Crippen LogP contribution in [0.15, 0.2) is 0 Å². The number of hydrogen-bond acceptors (Lipinski definition) is 8. The van der Waals surface area contributed by atoms with Gasteiger partial charge in [-0.2, -0.15) is 0 Å². The van der Waals surface area contributed by atoms with E-state index in [2.05, 4.69) is 25.9 Å². The third-order valence-corrected chi connectivity index (χ3v) is 1.27. The van der Waals surface area contributed by atoms with Gasteiger partial charge in [0.2, 0.25) is 0 Å². The Hall–Kier alpha value is -0.436. The summed E-state index contributed by atoms with van der Waals surface area (Å²) in [5, 5.41) is 16.3. The van der Waals surface area contributed by atoms with Gasteiger partial charge in [0.15, 0.2) is 0 Å². The van der Waals surface area contributed by atoms with Crippen molar-refractivity contribution in [1.82, 2.24) is 0 Å². The molecular formula is C11H21O8Y-. The summed E-state index contributed by atoms with van der Waals surface area (Å²) in [5.41, 5.74) is 0. The summed E-state index contributed by atoms with van der Waals surface area (Å²) in [4.78, 5) is 20.6. The maximum atomic E-state index is 10.4. The van der Waals surface area contributed by atoms with Gasteiger partial charge in [-0.3, -0.25) is 0 Å². The van der Waals surface area contributed by atoms with E-state index in [1.54, 1.807) is 0 Å². The second-order valence-electron chi connectivity index (χ2n) is 2.84. The summed E-state index contributed by atoms with van der Waals surface area (Å²) < 4.78 is 17.4. The Labute approximate surface area is 143 Å². The van der Waals surface area contributed by atoms with Crippen molar-refractivity contribution in [2.45, 2.75) is 13.3 Å². The number of hydrogen-bond donors (Lipinski definition) is 2. The largest absolute Gasteiger partial charge is 0.508 e. The molecule has 0 aromatic rings. The van der Waals surface area contributed by atoms with Crippen LogP contribution < -0.4 is 0 Å². The fraction of sp³-hybridized carbons (Fsp3) is 0.727. The number of carbonyl (C=O) groups is 2. The first-order valence-electron chi connectivity index (χ1n) is 5.72. The first-order valence-corrected chi connectivity index (χ1v) is 5.72. The van der Waals surface area contributed by atoms with Crippen molar-refractivity contribution in [1.29, 1.82) is 0 Å². The molecule has 117 valence electrons. The van der Waals surface area contributed by atoms with Gasteiger partial charge in [0.25, 0.3) is 0 Å². The Morgan fingerprint density at radius 2 is 1.30 bits per heavy atom. The van der Waals surface area contributed by atoms with Crippen LogP contribution in [0.4, 0.5) is 9.59 Å². The summed E-state index contributed by atoms with van der Waals surface area (Å²) >= 11 is 0. The normalized spacial score (nSPS) is 8.40. The predicted octanol–water partition coefficient (Wildman–Crippen LogP) is 0.505. The summed E-state index contributed by atoms with van der Waals surface area (Å²) in [6.07, 6.45) is -0.733. The fourth-order valence-electron chi connectivity index (χ4n) is 0.610. The molecule has 0 fully saturated rings. The zero-order valence-corrected chi connectivity index (χ0v) is 14.4. The molecule has 0 amide bonds. The molecule has 0 saturated heterocycles. The second kappa shape index (κ2) is 20.9. The Morgan fingerprint density at radius 1 is 0.900 bits per heavy atom. The third kappa shape index (κ3) is 22.7. The van der Waals surface area contributed by atoms with Crippen molar-refractivity contribution in [3.63, 3.8) is 0 Å². The Balaban J connectivity index is -0.000000277. The van der Waals surface area contributed by atoms with E-state index < -0.39 is 12.3 Å². The van der Waals surface area contributed by atoms with Gasteiger partial charge in [-0.05, 0) is 13.0 Å². The van der Waals surface area contributed by atoms with Gasteiger partial charge in [0.05, 0.1) is 19.8 Å².